The van der Waals surface area contributed by atoms with Crippen LogP contribution in [0, 0.1) is 5.82 Å². The Balaban J connectivity index is 1.63. The van der Waals surface area contributed by atoms with Crippen LogP contribution in [0.5, 0.6) is 0 Å². The second-order valence-corrected chi connectivity index (χ2v) is 8.45. The quantitative estimate of drug-likeness (QED) is 0.311. The van der Waals surface area contributed by atoms with Crippen molar-refractivity contribution in [3.8, 4) is 0 Å². The molecule has 1 heterocycles. The molecule has 1 aliphatic rings. The standard InChI is InChI=1S/C18H28FN3OS2/c1-20-17(22-14-18(24-2)8-11-23-12-9-18)21-10-3-13-25-16-6-4-15(19)5-7-16/h4-7H,3,8-14H2,1-2H3,(H2,20,21,22). The molecule has 1 aromatic carbocycles. The molecule has 0 amide bonds. The van der Waals surface area contributed by atoms with Crippen LogP contribution < -0.4 is 10.6 Å². The molecule has 7 heteroatoms. The molecule has 0 bridgehead atoms. The van der Waals surface area contributed by atoms with Crippen LogP contribution in [0.2, 0.25) is 0 Å². The first-order valence-corrected chi connectivity index (χ1v) is 10.8. The molecule has 140 valence electrons. The minimum Gasteiger partial charge on any atom is -0.381 e. The van der Waals surface area contributed by atoms with E-state index in [1.807, 2.05) is 23.9 Å². The van der Waals surface area contributed by atoms with Gasteiger partial charge in [0.2, 0.25) is 0 Å². The molecule has 4 nitrogen and oxygen atoms in total. The molecular weight excluding hydrogens is 357 g/mol. The average Bonchev–Trinajstić information content (AvgIpc) is 2.66. The lowest BCUT2D eigenvalue weighted by atomic mass is 9.99. The summed E-state index contributed by atoms with van der Waals surface area (Å²) in [4.78, 5) is 5.41. The Morgan fingerprint density at radius 3 is 2.60 bits per heavy atom. The number of guanidine groups is 1. The van der Waals surface area contributed by atoms with Crippen LogP contribution in [0.15, 0.2) is 34.2 Å². The van der Waals surface area contributed by atoms with Crippen molar-refractivity contribution >= 4 is 29.5 Å². The number of nitrogens with one attached hydrogen (secondary N) is 2. The number of ether oxygens (including phenoxy) is 1. The molecule has 0 saturated carbocycles. The summed E-state index contributed by atoms with van der Waals surface area (Å²) >= 11 is 3.66. The normalized spacial score (nSPS) is 17.3. The Kier molecular flexibility index (Phi) is 8.92. The third-order valence-corrected chi connectivity index (χ3v) is 6.85. The highest BCUT2D eigenvalue weighted by molar-refractivity contribution is 8.00. The van der Waals surface area contributed by atoms with E-state index in [-0.39, 0.29) is 10.6 Å². The van der Waals surface area contributed by atoms with Crippen molar-refractivity contribution in [2.75, 3.05) is 45.4 Å². The average molecular weight is 386 g/mol. The van der Waals surface area contributed by atoms with Gasteiger partial charge in [-0.2, -0.15) is 11.8 Å². The predicted molar refractivity (Wildman–Crippen MR) is 107 cm³/mol. The summed E-state index contributed by atoms with van der Waals surface area (Å²) in [5, 5.41) is 6.83. The molecule has 1 fully saturated rings. The number of hydrogen-bond acceptors (Lipinski definition) is 4. The zero-order valence-corrected chi connectivity index (χ0v) is 16.6. The first kappa shape index (κ1) is 20.4. The van der Waals surface area contributed by atoms with Gasteiger partial charge in [0, 0.05) is 43.0 Å². The van der Waals surface area contributed by atoms with Crippen LogP contribution >= 0.6 is 23.5 Å². The number of thioether (sulfide) groups is 2. The van der Waals surface area contributed by atoms with Gasteiger partial charge in [-0.15, -0.1) is 11.8 Å². The van der Waals surface area contributed by atoms with Crippen molar-refractivity contribution in [1.29, 1.82) is 0 Å². The van der Waals surface area contributed by atoms with Gasteiger partial charge in [0.25, 0.3) is 0 Å². The van der Waals surface area contributed by atoms with Gasteiger partial charge in [0.1, 0.15) is 5.82 Å². The Morgan fingerprint density at radius 1 is 1.24 bits per heavy atom. The molecular formula is C18H28FN3OS2. The van der Waals surface area contributed by atoms with E-state index in [0.717, 1.165) is 62.2 Å². The summed E-state index contributed by atoms with van der Waals surface area (Å²) in [6.07, 6.45) is 5.35. The zero-order valence-electron chi connectivity index (χ0n) is 15.0. The largest absolute Gasteiger partial charge is 0.381 e. The van der Waals surface area contributed by atoms with Gasteiger partial charge in [0.05, 0.1) is 0 Å². The summed E-state index contributed by atoms with van der Waals surface area (Å²) in [5.74, 6) is 1.65. The van der Waals surface area contributed by atoms with E-state index in [4.69, 9.17) is 4.74 Å². The highest BCUT2D eigenvalue weighted by Gasteiger charge is 2.31. The van der Waals surface area contributed by atoms with E-state index in [1.54, 1.807) is 18.8 Å². The van der Waals surface area contributed by atoms with Crippen LogP contribution in [0.4, 0.5) is 4.39 Å². The maximum atomic E-state index is 12.9. The SMILES string of the molecule is CN=C(NCCCSc1ccc(F)cc1)NCC1(SC)CCOCC1. The Morgan fingerprint density at radius 2 is 1.96 bits per heavy atom. The van der Waals surface area contributed by atoms with Gasteiger partial charge in [-0.1, -0.05) is 0 Å². The van der Waals surface area contributed by atoms with Crippen molar-refractivity contribution in [3.05, 3.63) is 30.1 Å². The topological polar surface area (TPSA) is 45.7 Å². The van der Waals surface area contributed by atoms with Gasteiger partial charge in [-0.25, -0.2) is 4.39 Å². The number of hydrogen-bond donors (Lipinski definition) is 2. The molecule has 0 spiro atoms. The van der Waals surface area contributed by atoms with Gasteiger partial charge in [0.15, 0.2) is 5.96 Å². The number of nitrogens with zero attached hydrogens (tertiary/aromatic N) is 1. The van der Waals surface area contributed by atoms with Gasteiger partial charge in [-0.05, 0) is 55.5 Å². The Labute approximate surface area is 158 Å². The summed E-state index contributed by atoms with van der Waals surface area (Å²) in [7, 11) is 1.80. The molecule has 0 unspecified atom stereocenters. The summed E-state index contributed by atoms with van der Waals surface area (Å²) in [6.45, 7) is 3.45. The van der Waals surface area contributed by atoms with Crippen molar-refractivity contribution in [3.63, 3.8) is 0 Å². The first-order chi connectivity index (χ1) is 12.2. The number of halogens is 1. The lowest BCUT2D eigenvalue weighted by Gasteiger charge is -2.36. The molecule has 0 aliphatic carbocycles. The van der Waals surface area contributed by atoms with Gasteiger partial charge in [-0.3, -0.25) is 4.99 Å². The lowest BCUT2D eigenvalue weighted by Crippen LogP contribution is -2.48. The van der Waals surface area contributed by atoms with Crippen molar-refractivity contribution in [2.24, 2.45) is 4.99 Å². The van der Waals surface area contributed by atoms with Crippen molar-refractivity contribution in [2.45, 2.75) is 28.9 Å². The highest BCUT2D eigenvalue weighted by Crippen LogP contribution is 2.32. The van der Waals surface area contributed by atoms with Crippen LogP contribution in [-0.2, 0) is 4.74 Å². The first-order valence-electron chi connectivity index (χ1n) is 8.63. The number of aliphatic imine (C=N–C) groups is 1. The van der Waals surface area contributed by atoms with Crippen LogP contribution in [0.3, 0.4) is 0 Å². The van der Waals surface area contributed by atoms with E-state index >= 15 is 0 Å². The fourth-order valence-electron chi connectivity index (χ4n) is 2.66. The second-order valence-electron chi connectivity index (χ2n) is 6.01. The molecule has 1 saturated heterocycles. The van der Waals surface area contributed by atoms with E-state index in [2.05, 4.69) is 21.9 Å². The molecule has 0 radical (unpaired) electrons. The second kappa shape index (κ2) is 10.9. The zero-order chi connectivity index (χ0) is 18.0. The Hall–Kier alpha value is -0.920. The van der Waals surface area contributed by atoms with Gasteiger partial charge >= 0.3 is 0 Å². The molecule has 2 rings (SSSR count). The third-order valence-electron chi connectivity index (χ3n) is 4.33. The van der Waals surface area contributed by atoms with Crippen molar-refractivity contribution < 1.29 is 9.13 Å². The maximum Gasteiger partial charge on any atom is 0.191 e. The van der Waals surface area contributed by atoms with Crippen LogP contribution in [0.25, 0.3) is 0 Å². The molecule has 1 aromatic rings. The smallest absolute Gasteiger partial charge is 0.191 e. The number of benzene rings is 1. The monoisotopic (exact) mass is 385 g/mol. The maximum absolute atomic E-state index is 12.9. The molecule has 0 atom stereocenters. The fraction of sp³-hybridized carbons (Fsp3) is 0.611. The molecule has 25 heavy (non-hydrogen) atoms. The van der Waals surface area contributed by atoms with Crippen LogP contribution in [0.1, 0.15) is 19.3 Å². The summed E-state index contributed by atoms with van der Waals surface area (Å²) in [5.41, 5.74) is 0. The van der Waals surface area contributed by atoms with E-state index in [0.29, 0.717) is 0 Å². The Bertz CT molecular complexity index is 534. The van der Waals surface area contributed by atoms with Crippen molar-refractivity contribution in [1.82, 2.24) is 10.6 Å². The fourth-order valence-corrected chi connectivity index (χ4v) is 4.31. The molecule has 0 aromatic heterocycles. The molecule has 1 aliphatic heterocycles. The van der Waals surface area contributed by atoms with E-state index in [9.17, 15) is 4.39 Å². The third kappa shape index (κ3) is 7.07. The number of rotatable bonds is 8. The summed E-state index contributed by atoms with van der Waals surface area (Å²) in [6, 6.07) is 6.65. The highest BCUT2D eigenvalue weighted by atomic mass is 32.2. The van der Waals surface area contributed by atoms with Crippen LogP contribution in [-0.4, -0.2) is 56.1 Å². The predicted octanol–water partition coefficient (Wildman–Crippen LogP) is 3.39. The minimum atomic E-state index is -0.187. The van der Waals surface area contributed by atoms with E-state index < -0.39 is 0 Å². The molecule has 2 N–H and O–H groups in total. The minimum absolute atomic E-state index is 0.187. The summed E-state index contributed by atoms with van der Waals surface area (Å²) < 4.78 is 18.6. The van der Waals surface area contributed by atoms with Gasteiger partial charge < -0.3 is 15.4 Å². The van der Waals surface area contributed by atoms with E-state index in [1.165, 1.54) is 12.1 Å². The lowest BCUT2D eigenvalue weighted by molar-refractivity contribution is 0.0783.